The van der Waals surface area contributed by atoms with Crippen LogP contribution in [-0.4, -0.2) is 22.2 Å². The molecule has 82 valence electrons. The summed E-state index contributed by atoms with van der Waals surface area (Å²) in [4.78, 5) is 4.36. The van der Waals surface area contributed by atoms with Crippen LogP contribution in [0.5, 0.6) is 0 Å². The first-order valence-corrected chi connectivity index (χ1v) is 5.39. The molecule has 0 radical (unpaired) electrons. The smallest absolute Gasteiger partial charge is 0.423 e. The molecule has 4 heteroatoms. The summed E-state index contributed by atoms with van der Waals surface area (Å²) in [5, 5.41) is 21.3. The highest BCUT2D eigenvalue weighted by Gasteiger charge is 2.11. The van der Waals surface area contributed by atoms with Crippen molar-refractivity contribution in [3.05, 3.63) is 48.7 Å². The predicted molar refractivity (Wildman–Crippen MR) is 69.1 cm³/mol. The van der Waals surface area contributed by atoms with Crippen LogP contribution in [0.2, 0.25) is 0 Å². The minimum Gasteiger partial charge on any atom is -0.423 e. The Labute approximate surface area is 98.5 Å². The molecule has 0 aliphatic rings. The zero-order valence-corrected chi connectivity index (χ0v) is 9.04. The second kappa shape index (κ2) is 3.84. The summed E-state index contributed by atoms with van der Waals surface area (Å²) < 4.78 is 0. The van der Waals surface area contributed by atoms with Gasteiger partial charge in [0.05, 0.1) is 5.52 Å². The van der Waals surface area contributed by atoms with Crippen LogP contribution in [0.25, 0.3) is 21.7 Å². The van der Waals surface area contributed by atoms with Crippen molar-refractivity contribution in [2.75, 3.05) is 0 Å². The van der Waals surface area contributed by atoms with E-state index in [1.54, 1.807) is 18.3 Å². The molecule has 0 saturated carbocycles. The van der Waals surface area contributed by atoms with E-state index in [4.69, 9.17) is 10.0 Å². The Morgan fingerprint density at radius 3 is 2.59 bits per heavy atom. The molecule has 0 spiro atoms. The average molecular weight is 223 g/mol. The lowest BCUT2D eigenvalue weighted by Crippen LogP contribution is -2.29. The largest absolute Gasteiger partial charge is 0.488 e. The molecule has 1 aromatic heterocycles. The summed E-state index contributed by atoms with van der Waals surface area (Å²) in [7, 11) is -1.43. The van der Waals surface area contributed by atoms with Gasteiger partial charge in [-0.25, -0.2) is 0 Å². The van der Waals surface area contributed by atoms with Crippen LogP contribution < -0.4 is 5.46 Å². The Bertz CT molecular complexity index is 697. The molecule has 0 aliphatic carbocycles. The van der Waals surface area contributed by atoms with E-state index in [9.17, 15) is 0 Å². The summed E-state index contributed by atoms with van der Waals surface area (Å²) in [5.74, 6) is 0. The molecule has 0 bridgehead atoms. The van der Waals surface area contributed by atoms with Crippen LogP contribution in [0.1, 0.15) is 0 Å². The van der Waals surface area contributed by atoms with Crippen molar-refractivity contribution in [2.24, 2.45) is 0 Å². The fraction of sp³-hybridized carbons (Fsp3) is 0. The van der Waals surface area contributed by atoms with Crippen LogP contribution in [-0.2, 0) is 0 Å². The van der Waals surface area contributed by atoms with E-state index in [-0.39, 0.29) is 0 Å². The summed E-state index contributed by atoms with van der Waals surface area (Å²) in [6, 6.07) is 13.2. The van der Waals surface area contributed by atoms with Gasteiger partial charge in [-0.3, -0.25) is 4.98 Å². The molecule has 0 unspecified atom stereocenters. The van der Waals surface area contributed by atoms with Crippen molar-refractivity contribution in [1.29, 1.82) is 0 Å². The molecular weight excluding hydrogens is 213 g/mol. The van der Waals surface area contributed by atoms with Crippen LogP contribution in [0.4, 0.5) is 0 Å². The predicted octanol–water partition coefficient (Wildman–Crippen LogP) is 1.07. The van der Waals surface area contributed by atoms with E-state index < -0.39 is 7.12 Å². The van der Waals surface area contributed by atoms with Crippen molar-refractivity contribution >= 4 is 34.3 Å². The first-order valence-electron chi connectivity index (χ1n) is 5.39. The molecule has 0 atom stereocenters. The maximum Gasteiger partial charge on any atom is 0.488 e. The third-order valence-electron chi connectivity index (χ3n) is 2.91. The Morgan fingerprint density at radius 2 is 1.76 bits per heavy atom. The number of aromatic nitrogens is 1. The van der Waals surface area contributed by atoms with Crippen LogP contribution in [0.3, 0.4) is 0 Å². The number of nitrogens with zero attached hydrogens (tertiary/aromatic N) is 1. The highest BCUT2D eigenvalue weighted by Crippen LogP contribution is 2.22. The fourth-order valence-corrected chi connectivity index (χ4v) is 2.05. The molecular formula is C13H10BNO2. The standard InChI is InChI=1S/C13H10BNO2/c16-14(17)11-5-6-12-10(8-11)4-3-9-2-1-7-15-13(9)12/h1-8,16-17H. The highest BCUT2D eigenvalue weighted by molar-refractivity contribution is 6.59. The minimum absolute atomic E-state index is 0.493. The molecule has 0 amide bonds. The molecule has 2 N–H and O–H groups in total. The number of hydrogen-bond donors (Lipinski definition) is 2. The van der Waals surface area contributed by atoms with E-state index in [1.165, 1.54) is 0 Å². The van der Waals surface area contributed by atoms with Gasteiger partial charge in [0, 0.05) is 17.0 Å². The Balaban J connectivity index is 2.37. The van der Waals surface area contributed by atoms with Gasteiger partial charge in [0.2, 0.25) is 0 Å². The topological polar surface area (TPSA) is 53.4 Å². The normalized spacial score (nSPS) is 10.9. The lowest BCUT2D eigenvalue weighted by atomic mass is 9.79. The van der Waals surface area contributed by atoms with E-state index in [0.717, 1.165) is 21.7 Å². The van der Waals surface area contributed by atoms with Gasteiger partial charge in [-0.05, 0) is 16.9 Å². The van der Waals surface area contributed by atoms with Gasteiger partial charge in [0.1, 0.15) is 0 Å². The molecule has 3 nitrogen and oxygen atoms in total. The zero-order valence-electron chi connectivity index (χ0n) is 9.04. The first-order chi connectivity index (χ1) is 8.25. The van der Waals surface area contributed by atoms with Gasteiger partial charge < -0.3 is 10.0 Å². The first kappa shape index (κ1) is 10.3. The highest BCUT2D eigenvalue weighted by atomic mass is 16.4. The minimum atomic E-state index is -1.43. The third kappa shape index (κ3) is 1.67. The van der Waals surface area contributed by atoms with Crippen molar-refractivity contribution in [2.45, 2.75) is 0 Å². The zero-order chi connectivity index (χ0) is 11.8. The van der Waals surface area contributed by atoms with E-state index >= 15 is 0 Å². The van der Waals surface area contributed by atoms with E-state index in [0.29, 0.717) is 5.46 Å². The summed E-state index contributed by atoms with van der Waals surface area (Å²) in [6.45, 7) is 0. The van der Waals surface area contributed by atoms with Crippen molar-refractivity contribution < 1.29 is 10.0 Å². The molecule has 17 heavy (non-hydrogen) atoms. The molecule has 3 rings (SSSR count). The van der Waals surface area contributed by atoms with Gasteiger partial charge in [-0.15, -0.1) is 0 Å². The van der Waals surface area contributed by atoms with Gasteiger partial charge in [0.25, 0.3) is 0 Å². The lowest BCUT2D eigenvalue weighted by molar-refractivity contribution is 0.426. The maximum absolute atomic E-state index is 9.14. The molecule has 0 saturated heterocycles. The van der Waals surface area contributed by atoms with Gasteiger partial charge in [0.15, 0.2) is 0 Å². The summed E-state index contributed by atoms with van der Waals surface area (Å²) in [6.07, 6.45) is 1.76. The second-order valence-electron chi connectivity index (χ2n) is 3.99. The van der Waals surface area contributed by atoms with Gasteiger partial charge in [-0.1, -0.05) is 36.4 Å². The molecule has 0 aliphatic heterocycles. The number of pyridine rings is 1. The van der Waals surface area contributed by atoms with Crippen molar-refractivity contribution in [3.63, 3.8) is 0 Å². The maximum atomic E-state index is 9.14. The van der Waals surface area contributed by atoms with E-state index in [2.05, 4.69) is 4.98 Å². The van der Waals surface area contributed by atoms with Crippen LogP contribution in [0, 0.1) is 0 Å². The quantitative estimate of drug-likeness (QED) is 0.479. The Morgan fingerprint density at radius 1 is 0.941 bits per heavy atom. The Hall–Kier alpha value is -1.91. The number of benzene rings is 2. The monoisotopic (exact) mass is 223 g/mol. The summed E-state index contributed by atoms with van der Waals surface area (Å²) in [5.41, 5.74) is 1.43. The Kier molecular flexibility index (Phi) is 2.32. The lowest BCUT2D eigenvalue weighted by Gasteiger charge is -2.05. The van der Waals surface area contributed by atoms with Crippen LogP contribution >= 0.6 is 0 Å². The van der Waals surface area contributed by atoms with Gasteiger partial charge in [-0.2, -0.15) is 0 Å². The SMILES string of the molecule is OB(O)c1ccc2c(ccc3cccnc32)c1. The summed E-state index contributed by atoms with van der Waals surface area (Å²) >= 11 is 0. The number of hydrogen-bond acceptors (Lipinski definition) is 3. The van der Waals surface area contributed by atoms with Gasteiger partial charge >= 0.3 is 7.12 Å². The van der Waals surface area contributed by atoms with Crippen molar-refractivity contribution in [1.82, 2.24) is 4.98 Å². The molecule has 0 fully saturated rings. The molecule has 2 aromatic carbocycles. The van der Waals surface area contributed by atoms with Crippen LogP contribution in [0.15, 0.2) is 48.7 Å². The molecule has 1 heterocycles. The van der Waals surface area contributed by atoms with Crippen molar-refractivity contribution in [3.8, 4) is 0 Å². The number of fused-ring (bicyclic) bond motifs is 3. The average Bonchev–Trinajstić information content (AvgIpc) is 2.38. The fourth-order valence-electron chi connectivity index (χ4n) is 2.05. The molecule has 3 aromatic rings. The third-order valence-corrected chi connectivity index (χ3v) is 2.91. The number of rotatable bonds is 1. The second-order valence-corrected chi connectivity index (χ2v) is 3.99. The van der Waals surface area contributed by atoms with E-state index in [1.807, 2.05) is 30.3 Å².